The minimum atomic E-state index is -0.364. The van der Waals surface area contributed by atoms with Crippen LogP contribution in [0.5, 0.6) is 5.75 Å². The molecule has 0 aliphatic carbocycles. The summed E-state index contributed by atoms with van der Waals surface area (Å²) in [4.78, 5) is 11.6. The summed E-state index contributed by atoms with van der Waals surface area (Å²) in [6.45, 7) is 5.29. The molecule has 2 rings (SSSR count). The first kappa shape index (κ1) is 14.6. The molecule has 2 N–H and O–H groups in total. The Bertz CT molecular complexity index is 492. The van der Waals surface area contributed by atoms with Crippen LogP contribution in [0.25, 0.3) is 0 Å². The van der Waals surface area contributed by atoms with E-state index in [1.165, 1.54) is 12.1 Å². The molecule has 0 aromatic heterocycles. The summed E-state index contributed by atoms with van der Waals surface area (Å²) in [6.07, 6.45) is 0. The molecular formula is C14H19FN2O3. The molecule has 0 bridgehead atoms. The molecule has 0 saturated heterocycles. The number of carbonyl (C=O) groups is 1. The highest BCUT2D eigenvalue weighted by Gasteiger charge is 2.17. The lowest BCUT2D eigenvalue weighted by Gasteiger charge is -2.21. The highest BCUT2D eigenvalue weighted by molar-refractivity contribution is 5.73. The number of benzene rings is 1. The van der Waals surface area contributed by atoms with Crippen LogP contribution >= 0.6 is 0 Å². The Kier molecular flexibility index (Phi) is 4.79. The molecule has 0 fully saturated rings. The maximum atomic E-state index is 13.5. The average molecular weight is 282 g/mol. The molecule has 1 aliphatic rings. The predicted molar refractivity (Wildman–Crippen MR) is 71.8 cm³/mol. The molecule has 0 atom stereocenters. The lowest BCUT2D eigenvalue weighted by Crippen LogP contribution is -2.37. The van der Waals surface area contributed by atoms with Gasteiger partial charge in [0.1, 0.15) is 11.6 Å². The molecule has 5 nitrogen and oxygen atoms in total. The van der Waals surface area contributed by atoms with E-state index in [0.29, 0.717) is 35.9 Å². The molecule has 1 heterocycles. The van der Waals surface area contributed by atoms with Gasteiger partial charge in [0.2, 0.25) is 0 Å². The Balaban J connectivity index is 1.99. The first-order valence-corrected chi connectivity index (χ1v) is 6.60. The molecule has 0 saturated carbocycles. The normalized spacial score (nSPS) is 13.6. The highest BCUT2D eigenvalue weighted by atomic mass is 19.1. The van der Waals surface area contributed by atoms with E-state index in [4.69, 9.17) is 9.47 Å². The molecule has 20 heavy (non-hydrogen) atoms. The van der Waals surface area contributed by atoms with Gasteiger partial charge >= 0.3 is 6.03 Å². The van der Waals surface area contributed by atoms with Crippen LogP contribution in [0.15, 0.2) is 12.1 Å². The van der Waals surface area contributed by atoms with Gasteiger partial charge in [-0.2, -0.15) is 0 Å². The van der Waals surface area contributed by atoms with Gasteiger partial charge in [0.05, 0.1) is 6.61 Å². The van der Waals surface area contributed by atoms with Crippen LogP contribution in [0, 0.1) is 11.7 Å². The van der Waals surface area contributed by atoms with Crippen molar-refractivity contribution in [2.75, 3.05) is 13.3 Å². The van der Waals surface area contributed by atoms with E-state index >= 15 is 0 Å². The summed E-state index contributed by atoms with van der Waals surface area (Å²) in [6, 6.07) is 2.48. The molecule has 0 unspecified atom stereocenters. The van der Waals surface area contributed by atoms with Gasteiger partial charge in [-0.15, -0.1) is 0 Å². The van der Waals surface area contributed by atoms with Gasteiger partial charge < -0.3 is 20.1 Å². The summed E-state index contributed by atoms with van der Waals surface area (Å²) >= 11 is 0. The van der Waals surface area contributed by atoms with Gasteiger partial charge in [0, 0.05) is 24.2 Å². The van der Waals surface area contributed by atoms with Crippen molar-refractivity contribution in [2.24, 2.45) is 5.92 Å². The van der Waals surface area contributed by atoms with Crippen molar-refractivity contribution < 1.29 is 18.7 Å². The molecule has 6 heteroatoms. The second-order valence-corrected chi connectivity index (χ2v) is 5.12. The molecule has 0 radical (unpaired) electrons. The Labute approximate surface area is 117 Å². The number of fused-ring (bicyclic) bond motifs is 1. The largest absolute Gasteiger partial charge is 0.467 e. The minimum Gasteiger partial charge on any atom is -0.467 e. The lowest BCUT2D eigenvalue weighted by atomic mass is 10.1. The van der Waals surface area contributed by atoms with Gasteiger partial charge in [-0.3, -0.25) is 0 Å². The number of carbonyl (C=O) groups excluding carboxylic acids is 1. The number of rotatable bonds is 4. The van der Waals surface area contributed by atoms with Crippen molar-refractivity contribution in [1.82, 2.24) is 10.6 Å². The summed E-state index contributed by atoms with van der Waals surface area (Å²) in [7, 11) is 0. The number of amides is 2. The second-order valence-electron chi connectivity index (χ2n) is 5.12. The van der Waals surface area contributed by atoms with Crippen molar-refractivity contribution in [3.05, 3.63) is 29.1 Å². The molecule has 1 aromatic carbocycles. The Morgan fingerprint density at radius 3 is 2.95 bits per heavy atom. The van der Waals surface area contributed by atoms with E-state index in [0.717, 1.165) is 0 Å². The average Bonchev–Trinajstić information content (AvgIpc) is 2.42. The molecule has 2 amide bonds. The third-order valence-electron chi connectivity index (χ3n) is 2.86. The SMILES string of the molecule is CC(C)CNC(=O)NCc1cc(F)cc2c1OCOC2. The van der Waals surface area contributed by atoms with Crippen LogP contribution in [-0.4, -0.2) is 19.4 Å². The molecule has 110 valence electrons. The first-order chi connectivity index (χ1) is 9.56. The number of urea groups is 1. The van der Waals surface area contributed by atoms with Gasteiger partial charge in [-0.25, -0.2) is 9.18 Å². The summed E-state index contributed by atoms with van der Waals surface area (Å²) in [5.74, 6) is 0.613. The van der Waals surface area contributed by atoms with Crippen LogP contribution in [-0.2, 0) is 17.9 Å². The number of ether oxygens (including phenoxy) is 2. The van der Waals surface area contributed by atoms with Gasteiger partial charge in [-0.05, 0) is 18.1 Å². The number of halogens is 1. The smallest absolute Gasteiger partial charge is 0.315 e. The third-order valence-corrected chi connectivity index (χ3v) is 2.86. The molecular weight excluding hydrogens is 263 g/mol. The zero-order valence-corrected chi connectivity index (χ0v) is 11.7. The van der Waals surface area contributed by atoms with Crippen molar-refractivity contribution >= 4 is 6.03 Å². The van der Waals surface area contributed by atoms with Crippen molar-refractivity contribution in [1.29, 1.82) is 0 Å². The van der Waals surface area contributed by atoms with Crippen LogP contribution < -0.4 is 15.4 Å². The predicted octanol–water partition coefficient (Wildman–Crippen LogP) is 2.15. The van der Waals surface area contributed by atoms with E-state index in [1.807, 2.05) is 13.8 Å². The van der Waals surface area contributed by atoms with E-state index < -0.39 is 0 Å². The maximum Gasteiger partial charge on any atom is 0.315 e. The van der Waals surface area contributed by atoms with Crippen LogP contribution in [0.1, 0.15) is 25.0 Å². The van der Waals surface area contributed by atoms with Crippen molar-refractivity contribution in [2.45, 2.75) is 27.0 Å². The number of hydrogen-bond acceptors (Lipinski definition) is 3. The molecule has 0 spiro atoms. The highest BCUT2D eigenvalue weighted by Crippen LogP contribution is 2.29. The minimum absolute atomic E-state index is 0.144. The van der Waals surface area contributed by atoms with Crippen LogP contribution in [0.3, 0.4) is 0 Å². The van der Waals surface area contributed by atoms with Gasteiger partial charge in [0.15, 0.2) is 6.79 Å². The number of nitrogens with one attached hydrogen (secondary N) is 2. The Morgan fingerprint density at radius 1 is 1.40 bits per heavy atom. The van der Waals surface area contributed by atoms with E-state index in [1.54, 1.807) is 0 Å². The Morgan fingerprint density at radius 2 is 2.20 bits per heavy atom. The van der Waals surface area contributed by atoms with Gasteiger partial charge in [-0.1, -0.05) is 13.8 Å². The fraction of sp³-hybridized carbons (Fsp3) is 0.500. The van der Waals surface area contributed by atoms with E-state index in [9.17, 15) is 9.18 Å². The van der Waals surface area contributed by atoms with Crippen LogP contribution in [0.4, 0.5) is 9.18 Å². The molecule has 1 aromatic rings. The summed E-state index contributed by atoms with van der Waals surface area (Å²) in [5.41, 5.74) is 1.28. The van der Waals surface area contributed by atoms with E-state index in [-0.39, 0.29) is 25.2 Å². The topological polar surface area (TPSA) is 59.6 Å². The zero-order chi connectivity index (χ0) is 14.5. The standard InChI is InChI=1S/C14H19FN2O3/c1-9(2)5-16-14(18)17-6-10-3-12(15)4-11-7-19-8-20-13(10)11/h3-4,9H,5-8H2,1-2H3,(H2,16,17,18). The monoisotopic (exact) mass is 282 g/mol. The van der Waals surface area contributed by atoms with E-state index in [2.05, 4.69) is 10.6 Å². The zero-order valence-electron chi connectivity index (χ0n) is 11.7. The number of hydrogen-bond donors (Lipinski definition) is 2. The summed E-state index contributed by atoms with van der Waals surface area (Å²) in [5, 5.41) is 5.43. The first-order valence-electron chi connectivity index (χ1n) is 6.60. The quantitative estimate of drug-likeness (QED) is 0.889. The second kappa shape index (κ2) is 6.56. The van der Waals surface area contributed by atoms with Crippen molar-refractivity contribution in [3.63, 3.8) is 0 Å². The maximum absolute atomic E-state index is 13.5. The molecule has 1 aliphatic heterocycles. The third kappa shape index (κ3) is 3.84. The Hall–Kier alpha value is -1.82. The fourth-order valence-electron chi connectivity index (χ4n) is 1.92. The van der Waals surface area contributed by atoms with Crippen molar-refractivity contribution in [3.8, 4) is 5.75 Å². The van der Waals surface area contributed by atoms with Gasteiger partial charge in [0.25, 0.3) is 0 Å². The lowest BCUT2D eigenvalue weighted by molar-refractivity contribution is -0.0173. The van der Waals surface area contributed by atoms with Crippen LogP contribution in [0.2, 0.25) is 0 Å². The fourth-order valence-corrected chi connectivity index (χ4v) is 1.92. The summed E-state index contributed by atoms with van der Waals surface area (Å²) < 4.78 is 24.0.